The highest BCUT2D eigenvalue weighted by Gasteiger charge is 2.02. The lowest BCUT2D eigenvalue weighted by molar-refractivity contribution is 1.50. The number of rotatable bonds is 1. The molecule has 0 saturated heterocycles. The predicted molar refractivity (Wildman–Crippen MR) is 80.9 cm³/mol. The van der Waals surface area contributed by atoms with Crippen LogP contribution in [-0.4, -0.2) is 0 Å². The second-order valence-electron chi connectivity index (χ2n) is 3.69. The lowest BCUT2D eigenvalue weighted by Gasteiger charge is -2.07. The van der Waals surface area contributed by atoms with E-state index in [4.69, 9.17) is 22.9 Å². The van der Waals surface area contributed by atoms with Crippen LogP contribution in [0.15, 0.2) is 36.4 Å². The maximum Gasteiger partial charge on any atom is 0.0554 e. The van der Waals surface area contributed by atoms with Crippen LogP contribution < -0.4 is 22.9 Å². The SMILES string of the molecule is CC.Nc1ccc(-c2ccc(N)c(N)c2)cc1N. The number of benzene rings is 2. The summed E-state index contributed by atoms with van der Waals surface area (Å²) in [6.45, 7) is 4.00. The summed E-state index contributed by atoms with van der Waals surface area (Å²) in [4.78, 5) is 0. The lowest BCUT2D eigenvalue weighted by Crippen LogP contribution is -1.96. The predicted octanol–water partition coefficient (Wildman–Crippen LogP) is 2.71. The topological polar surface area (TPSA) is 104 Å². The second-order valence-corrected chi connectivity index (χ2v) is 3.69. The smallest absolute Gasteiger partial charge is 0.0554 e. The van der Waals surface area contributed by atoms with E-state index in [9.17, 15) is 0 Å². The van der Waals surface area contributed by atoms with Gasteiger partial charge in [-0.1, -0.05) is 26.0 Å². The number of nitrogen functional groups attached to an aromatic ring is 4. The molecule has 0 heterocycles. The average molecular weight is 244 g/mol. The molecule has 0 radical (unpaired) electrons. The number of hydrogen-bond donors (Lipinski definition) is 4. The van der Waals surface area contributed by atoms with Gasteiger partial charge in [0, 0.05) is 0 Å². The fourth-order valence-corrected chi connectivity index (χ4v) is 1.51. The van der Waals surface area contributed by atoms with Crippen LogP contribution in [0.2, 0.25) is 0 Å². The molecule has 4 heteroatoms. The molecule has 0 aliphatic carbocycles. The van der Waals surface area contributed by atoms with Gasteiger partial charge in [-0.3, -0.25) is 0 Å². The molecule has 0 saturated carbocycles. The average Bonchev–Trinajstić information content (AvgIpc) is 2.38. The maximum atomic E-state index is 5.74. The Labute approximate surface area is 108 Å². The quantitative estimate of drug-likeness (QED) is 0.579. The minimum absolute atomic E-state index is 0.563. The molecule has 0 atom stereocenters. The van der Waals surface area contributed by atoms with Crippen molar-refractivity contribution in [2.45, 2.75) is 13.8 Å². The van der Waals surface area contributed by atoms with E-state index >= 15 is 0 Å². The first-order valence-corrected chi connectivity index (χ1v) is 5.88. The molecule has 18 heavy (non-hydrogen) atoms. The van der Waals surface area contributed by atoms with Crippen molar-refractivity contribution >= 4 is 22.7 Å². The molecule has 0 aliphatic heterocycles. The Morgan fingerprint density at radius 2 is 0.889 bits per heavy atom. The third-order valence-electron chi connectivity index (χ3n) is 2.51. The molecule has 2 aromatic rings. The molecule has 4 nitrogen and oxygen atoms in total. The largest absolute Gasteiger partial charge is 0.397 e. The van der Waals surface area contributed by atoms with E-state index in [0.717, 1.165) is 11.1 Å². The van der Waals surface area contributed by atoms with Crippen LogP contribution in [0.5, 0.6) is 0 Å². The van der Waals surface area contributed by atoms with Crippen molar-refractivity contribution in [1.82, 2.24) is 0 Å². The summed E-state index contributed by atoms with van der Waals surface area (Å²) >= 11 is 0. The molecule has 2 rings (SSSR count). The highest BCUT2D eigenvalue weighted by molar-refractivity contribution is 5.78. The molecule has 0 spiro atoms. The van der Waals surface area contributed by atoms with Crippen LogP contribution >= 0.6 is 0 Å². The first kappa shape index (κ1) is 13.7. The van der Waals surface area contributed by atoms with Gasteiger partial charge >= 0.3 is 0 Å². The fourth-order valence-electron chi connectivity index (χ4n) is 1.51. The van der Waals surface area contributed by atoms with Crippen LogP contribution in [0.3, 0.4) is 0 Å². The zero-order valence-electron chi connectivity index (χ0n) is 10.8. The number of hydrogen-bond acceptors (Lipinski definition) is 4. The summed E-state index contributed by atoms with van der Waals surface area (Å²) in [5.74, 6) is 0. The van der Waals surface area contributed by atoms with Crippen molar-refractivity contribution in [3.63, 3.8) is 0 Å². The Morgan fingerprint density at radius 3 is 1.17 bits per heavy atom. The second kappa shape index (κ2) is 5.82. The maximum absolute atomic E-state index is 5.74. The summed E-state index contributed by atoms with van der Waals surface area (Å²) in [6.07, 6.45) is 0. The van der Waals surface area contributed by atoms with Crippen molar-refractivity contribution in [3.05, 3.63) is 36.4 Å². The summed E-state index contributed by atoms with van der Waals surface area (Å²) in [7, 11) is 0. The first-order valence-electron chi connectivity index (χ1n) is 5.88. The van der Waals surface area contributed by atoms with E-state index in [1.807, 2.05) is 38.1 Å². The van der Waals surface area contributed by atoms with Gasteiger partial charge in [-0.15, -0.1) is 0 Å². The summed E-state index contributed by atoms with van der Waals surface area (Å²) in [6, 6.07) is 11.0. The van der Waals surface area contributed by atoms with Crippen molar-refractivity contribution in [2.24, 2.45) is 0 Å². The minimum Gasteiger partial charge on any atom is -0.397 e. The molecule has 0 fully saturated rings. The van der Waals surface area contributed by atoms with Crippen molar-refractivity contribution in [3.8, 4) is 11.1 Å². The van der Waals surface area contributed by atoms with Gasteiger partial charge in [-0.25, -0.2) is 0 Å². The van der Waals surface area contributed by atoms with Gasteiger partial charge < -0.3 is 22.9 Å². The van der Waals surface area contributed by atoms with Crippen molar-refractivity contribution < 1.29 is 0 Å². The van der Waals surface area contributed by atoms with Gasteiger partial charge in [0.05, 0.1) is 22.7 Å². The molecular weight excluding hydrogens is 224 g/mol. The molecule has 8 N–H and O–H groups in total. The highest BCUT2D eigenvalue weighted by atomic mass is 14.7. The Bertz CT molecular complexity index is 486. The van der Waals surface area contributed by atoms with E-state index in [1.165, 1.54) is 0 Å². The highest BCUT2D eigenvalue weighted by Crippen LogP contribution is 2.28. The Morgan fingerprint density at radius 1 is 0.556 bits per heavy atom. The summed E-state index contributed by atoms with van der Waals surface area (Å²) < 4.78 is 0. The first-order chi connectivity index (χ1) is 8.58. The molecule has 0 aliphatic rings. The van der Waals surface area contributed by atoms with E-state index in [1.54, 1.807) is 12.1 Å². The van der Waals surface area contributed by atoms with Gasteiger partial charge in [0.1, 0.15) is 0 Å². The van der Waals surface area contributed by atoms with Gasteiger partial charge in [0.2, 0.25) is 0 Å². The number of nitrogens with two attached hydrogens (primary N) is 4. The van der Waals surface area contributed by atoms with E-state index < -0.39 is 0 Å². The van der Waals surface area contributed by atoms with E-state index in [2.05, 4.69) is 0 Å². The van der Waals surface area contributed by atoms with Crippen LogP contribution in [-0.2, 0) is 0 Å². The molecule has 2 aromatic carbocycles. The molecule has 0 unspecified atom stereocenters. The fraction of sp³-hybridized carbons (Fsp3) is 0.143. The van der Waals surface area contributed by atoms with E-state index in [0.29, 0.717) is 22.7 Å². The Kier molecular flexibility index (Phi) is 4.43. The van der Waals surface area contributed by atoms with Gasteiger partial charge in [-0.2, -0.15) is 0 Å². The Balaban J connectivity index is 0.000000771. The molecule has 0 aromatic heterocycles. The van der Waals surface area contributed by atoms with Gasteiger partial charge in [-0.05, 0) is 35.4 Å². The zero-order valence-corrected chi connectivity index (χ0v) is 10.8. The van der Waals surface area contributed by atoms with Gasteiger partial charge in [0.25, 0.3) is 0 Å². The third kappa shape index (κ3) is 2.85. The molecule has 0 amide bonds. The minimum atomic E-state index is 0.563. The normalized spacial score (nSPS) is 9.44. The molecule has 96 valence electrons. The van der Waals surface area contributed by atoms with E-state index in [-0.39, 0.29) is 0 Å². The summed E-state index contributed by atoms with van der Waals surface area (Å²) in [5, 5.41) is 0. The monoisotopic (exact) mass is 244 g/mol. The molecular formula is C14H20N4. The zero-order chi connectivity index (χ0) is 13.7. The standard InChI is InChI=1S/C12H14N4.C2H6/c13-9-3-1-7(5-11(9)15)8-2-4-10(14)12(16)6-8;1-2/h1-6H,13-16H2;1-2H3. The third-order valence-corrected chi connectivity index (χ3v) is 2.51. The van der Waals surface area contributed by atoms with Crippen molar-refractivity contribution in [2.75, 3.05) is 22.9 Å². The van der Waals surface area contributed by atoms with Crippen LogP contribution in [0, 0.1) is 0 Å². The van der Waals surface area contributed by atoms with Gasteiger partial charge in [0.15, 0.2) is 0 Å². The Hall–Kier alpha value is -2.36. The molecule has 0 bridgehead atoms. The van der Waals surface area contributed by atoms with Crippen LogP contribution in [0.25, 0.3) is 11.1 Å². The van der Waals surface area contributed by atoms with Crippen molar-refractivity contribution in [1.29, 1.82) is 0 Å². The van der Waals surface area contributed by atoms with Crippen LogP contribution in [0.4, 0.5) is 22.7 Å². The van der Waals surface area contributed by atoms with Crippen LogP contribution in [0.1, 0.15) is 13.8 Å². The lowest BCUT2D eigenvalue weighted by atomic mass is 10.0. The summed E-state index contributed by atoms with van der Waals surface area (Å²) in [5.41, 5.74) is 27.0. The number of anilines is 4.